The number of aliphatic hydroxyl groups is 1. The summed E-state index contributed by atoms with van der Waals surface area (Å²) in [6.45, 7) is 0.0465. The molecular weight excluding hydrogens is 316 g/mol. The zero-order valence-corrected chi connectivity index (χ0v) is 11.9. The molecule has 0 aliphatic carbocycles. The van der Waals surface area contributed by atoms with Crippen LogP contribution in [0.25, 0.3) is 0 Å². The van der Waals surface area contributed by atoms with Crippen molar-refractivity contribution in [2.24, 2.45) is 0 Å². The largest absolute Gasteiger partial charge is 0.479 e. The maximum absolute atomic E-state index is 11.7. The van der Waals surface area contributed by atoms with Crippen LogP contribution in [0.4, 0.5) is 4.79 Å². The van der Waals surface area contributed by atoms with Crippen molar-refractivity contribution in [2.45, 2.75) is 12.6 Å². The van der Waals surface area contributed by atoms with E-state index in [1.54, 1.807) is 7.05 Å². The van der Waals surface area contributed by atoms with Gasteiger partial charge in [-0.15, -0.1) is 0 Å². The van der Waals surface area contributed by atoms with E-state index in [9.17, 15) is 9.59 Å². The number of benzene rings is 1. The lowest BCUT2D eigenvalue weighted by molar-refractivity contribution is -0.146. The van der Waals surface area contributed by atoms with E-state index in [0.29, 0.717) is 6.54 Å². The number of carboxylic acids is 1. The highest BCUT2D eigenvalue weighted by atomic mass is 79.9. The highest BCUT2D eigenvalue weighted by molar-refractivity contribution is 9.10. The first-order chi connectivity index (χ1) is 8.91. The lowest BCUT2D eigenvalue weighted by Gasteiger charge is -2.19. The minimum atomic E-state index is -1.60. The molecule has 104 valence electrons. The molecule has 2 amide bonds. The molecule has 19 heavy (non-hydrogen) atoms. The Bertz CT molecular complexity index is 467. The zero-order valence-electron chi connectivity index (χ0n) is 10.3. The first-order valence-corrected chi connectivity index (χ1v) is 6.34. The van der Waals surface area contributed by atoms with Gasteiger partial charge in [-0.1, -0.05) is 34.1 Å². The minimum absolute atomic E-state index is 0.325. The number of hydrogen-bond acceptors (Lipinski definition) is 3. The number of urea groups is 1. The molecule has 0 aliphatic rings. The van der Waals surface area contributed by atoms with Gasteiger partial charge in [0.05, 0.1) is 6.54 Å². The van der Waals surface area contributed by atoms with Crippen LogP contribution < -0.4 is 5.32 Å². The Morgan fingerprint density at radius 1 is 1.42 bits per heavy atom. The zero-order chi connectivity index (χ0) is 14.4. The molecule has 0 fully saturated rings. The van der Waals surface area contributed by atoms with Crippen molar-refractivity contribution in [1.29, 1.82) is 0 Å². The molecule has 1 aromatic carbocycles. The smallest absolute Gasteiger partial charge is 0.334 e. The van der Waals surface area contributed by atoms with E-state index in [0.717, 1.165) is 10.0 Å². The van der Waals surface area contributed by atoms with Gasteiger partial charge in [0.15, 0.2) is 6.10 Å². The molecule has 0 radical (unpaired) electrons. The molecule has 1 aromatic rings. The molecule has 0 unspecified atom stereocenters. The Kier molecular flexibility index (Phi) is 5.78. The number of rotatable bonds is 5. The summed E-state index contributed by atoms with van der Waals surface area (Å²) in [6.07, 6.45) is -1.60. The van der Waals surface area contributed by atoms with Crippen molar-refractivity contribution in [3.63, 3.8) is 0 Å². The van der Waals surface area contributed by atoms with E-state index in [2.05, 4.69) is 21.2 Å². The van der Waals surface area contributed by atoms with Crippen LogP contribution in [0.15, 0.2) is 28.7 Å². The number of aliphatic carboxylic acids is 1. The van der Waals surface area contributed by atoms with Gasteiger partial charge in [0.25, 0.3) is 0 Å². The molecule has 0 bridgehead atoms. The second-order valence-corrected chi connectivity index (χ2v) is 4.84. The van der Waals surface area contributed by atoms with Crippen LogP contribution in [-0.4, -0.2) is 46.8 Å². The van der Waals surface area contributed by atoms with Crippen LogP contribution in [-0.2, 0) is 11.3 Å². The number of nitrogens with zero attached hydrogens (tertiary/aromatic N) is 1. The summed E-state index contributed by atoms with van der Waals surface area (Å²) in [6, 6.07) is 7.03. The van der Waals surface area contributed by atoms with Gasteiger partial charge in [-0.3, -0.25) is 0 Å². The van der Waals surface area contributed by atoms with Crippen molar-refractivity contribution in [1.82, 2.24) is 10.2 Å². The van der Waals surface area contributed by atoms with Crippen molar-refractivity contribution >= 4 is 27.9 Å². The number of aliphatic hydroxyl groups excluding tert-OH is 1. The van der Waals surface area contributed by atoms with Crippen molar-refractivity contribution in [3.8, 4) is 0 Å². The Morgan fingerprint density at radius 3 is 2.63 bits per heavy atom. The summed E-state index contributed by atoms with van der Waals surface area (Å²) in [4.78, 5) is 23.5. The van der Waals surface area contributed by atoms with Gasteiger partial charge in [-0.2, -0.15) is 0 Å². The van der Waals surface area contributed by atoms with E-state index in [1.165, 1.54) is 4.90 Å². The fourth-order valence-corrected chi connectivity index (χ4v) is 1.77. The second kappa shape index (κ2) is 7.10. The van der Waals surface area contributed by atoms with Crippen LogP contribution in [0.5, 0.6) is 0 Å². The van der Waals surface area contributed by atoms with Crippen molar-refractivity contribution in [2.75, 3.05) is 13.6 Å². The molecule has 0 aliphatic heterocycles. The predicted molar refractivity (Wildman–Crippen MR) is 72.7 cm³/mol. The van der Waals surface area contributed by atoms with Gasteiger partial charge in [0.1, 0.15) is 0 Å². The average Bonchev–Trinajstić information content (AvgIpc) is 2.37. The lowest BCUT2D eigenvalue weighted by Crippen LogP contribution is -2.42. The number of amides is 2. The van der Waals surface area contributed by atoms with Crippen LogP contribution >= 0.6 is 15.9 Å². The number of nitrogens with one attached hydrogen (secondary N) is 1. The normalized spacial score (nSPS) is 11.7. The lowest BCUT2D eigenvalue weighted by atomic mass is 10.2. The summed E-state index contributed by atoms with van der Waals surface area (Å²) in [5.74, 6) is -1.37. The first-order valence-electron chi connectivity index (χ1n) is 5.55. The summed E-state index contributed by atoms with van der Waals surface area (Å²) in [7, 11) is 1.59. The number of carbonyl (C=O) groups is 2. The van der Waals surface area contributed by atoms with E-state index < -0.39 is 18.1 Å². The molecule has 0 heterocycles. The monoisotopic (exact) mass is 330 g/mol. The SMILES string of the molecule is CN(Cc1ccccc1Br)C(=O)NC[C@H](O)C(=O)O. The Balaban J connectivity index is 2.50. The quantitative estimate of drug-likeness (QED) is 0.752. The Hall–Kier alpha value is -1.60. The van der Waals surface area contributed by atoms with E-state index in [1.807, 2.05) is 24.3 Å². The molecule has 0 saturated heterocycles. The number of carbonyl (C=O) groups excluding carboxylic acids is 1. The molecule has 1 atom stereocenters. The molecule has 0 spiro atoms. The molecular formula is C12H15BrN2O4. The van der Waals surface area contributed by atoms with Crippen LogP contribution in [0.1, 0.15) is 5.56 Å². The van der Waals surface area contributed by atoms with E-state index in [4.69, 9.17) is 10.2 Å². The molecule has 3 N–H and O–H groups in total. The summed E-state index contributed by atoms with van der Waals surface area (Å²) in [5, 5.41) is 19.9. The first kappa shape index (κ1) is 15.5. The Morgan fingerprint density at radius 2 is 2.05 bits per heavy atom. The van der Waals surface area contributed by atoms with Gasteiger partial charge < -0.3 is 20.4 Å². The third-order valence-corrected chi connectivity index (χ3v) is 3.22. The molecule has 0 saturated carbocycles. The van der Waals surface area contributed by atoms with Gasteiger partial charge in [-0.05, 0) is 11.6 Å². The third kappa shape index (κ3) is 4.88. The summed E-state index contributed by atoms with van der Waals surface area (Å²) in [5.41, 5.74) is 0.930. The number of hydrogen-bond donors (Lipinski definition) is 3. The molecule has 7 heteroatoms. The fourth-order valence-electron chi connectivity index (χ4n) is 1.36. The molecule has 1 rings (SSSR count). The maximum atomic E-state index is 11.7. The van der Waals surface area contributed by atoms with E-state index in [-0.39, 0.29) is 6.54 Å². The topological polar surface area (TPSA) is 89.9 Å². The highest BCUT2D eigenvalue weighted by Crippen LogP contribution is 2.17. The van der Waals surface area contributed by atoms with Gasteiger partial charge in [-0.25, -0.2) is 9.59 Å². The highest BCUT2D eigenvalue weighted by Gasteiger charge is 2.16. The van der Waals surface area contributed by atoms with Gasteiger partial charge in [0.2, 0.25) is 0 Å². The van der Waals surface area contributed by atoms with E-state index >= 15 is 0 Å². The maximum Gasteiger partial charge on any atom is 0.334 e. The summed E-state index contributed by atoms with van der Waals surface area (Å²) >= 11 is 3.38. The summed E-state index contributed by atoms with van der Waals surface area (Å²) < 4.78 is 0.889. The van der Waals surface area contributed by atoms with Gasteiger partial charge in [0, 0.05) is 18.1 Å². The number of halogens is 1. The Labute approximate surface area is 119 Å². The average molecular weight is 331 g/mol. The van der Waals surface area contributed by atoms with Gasteiger partial charge >= 0.3 is 12.0 Å². The number of carboxylic acid groups (broad SMARTS) is 1. The second-order valence-electron chi connectivity index (χ2n) is 3.99. The van der Waals surface area contributed by atoms with Crippen LogP contribution in [0.3, 0.4) is 0 Å². The predicted octanol–water partition coefficient (Wildman–Crippen LogP) is 1.04. The standard InChI is InChI=1S/C12H15BrN2O4/c1-15(7-8-4-2-3-5-9(8)13)12(19)14-6-10(16)11(17)18/h2-5,10,16H,6-7H2,1H3,(H,14,19)(H,17,18)/t10-/m0/s1. The van der Waals surface area contributed by atoms with Crippen LogP contribution in [0.2, 0.25) is 0 Å². The van der Waals surface area contributed by atoms with Crippen molar-refractivity contribution < 1.29 is 19.8 Å². The molecule has 6 nitrogen and oxygen atoms in total. The van der Waals surface area contributed by atoms with Crippen LogP contribution in [0, 0.1) is 0 Å². The van der Waals surface area contributed by atoms with Crippen molar-refractivity contribution in [3.05, 3.63) is 34.3 Å². The fraction of sp³-hybridized carbons (Fsp3) is 0.333. The third-order valence-electron chi connectivity index (χ3n) is 2.44. The minimum Gasteiger partial charge on any atom is -0.479 e. The molecule has 0 aromatic heterocycles.